The molecule has 4 heteroatoms. The van der Waals surface area contributed by atoms with Crippen LogP contribution in [-0.2, 0) is 6.54 Å². The molecule has 2 aromatic heterocycles. The Morgan fingerprint density at radius 2 is 2.17 bits per heavy atom. The summed E-state index contributed by atoms with van der Waals surface area (Å²) in [4.78, 5) is 4.41. The molecule has 0 spiro atoms. The van der Waals surface area contributed by atoms with E-state index in [0.29, 0.717) is 0 Å². The van der Waals surface area contributed by atoms with Crippen molar-refractivity contribution in [2.45, 2.75) is 52.6 Å². The quantitative estimate of drug-likeness (QED) is 0.882. The maximum absolute atomic E-state index is 4.41. The summed E-state index contributed by atoms with van der Waals surface area (Å²) in [6.45, 7) is 9.50. The van der Waals surface area contributed by atoms with Gasteiger partial charge in [-0.25, -0.2) is 9.50 Å². The normalized spacial score (nSPS) is 12.2. The van der Waals surface area contributed by atoms with E-state index in [1.807, 2.05) is 29.9 Å². The molecule has 2 heterocycles. The van der Waals surface area contributed by atoms with Crippen LogP contribution in [0, 0.1) is 6.92 Å². The average molecular weight is 246 g/mol. The van der Waals surface area contributed by atoms with E-state index in [1.54, 1.807) is 0 Å². The molecule has 0 aromatic carbocycles. The van der Waals surface area contributed by atoms with Gasteiger partial charge in [-0.3, -0.25) is 0 Å². The Morgan fingerprint density at radius 1 is 1.39 bits per heavy atom. The summed E-state index contributed by atoms with van der Waals surface area (Å²) < 4.78 is 1.85. The van der Waals surface area contributed by atoms with E-state index in [1.165, 1.54) is 12.8 Å². The second-order valence-electron chi connectivity index (χ2n) is 5.54. The molecule has 18 heavy (non-hydrogen) atoms. The molecule has 0 saturated carbocycles. The molecule has 0 aliphatic heterocycles. The number of aromatic nitrogens is 3. The highest BCUT2D eigenvalue weighted by atomic mass is 15.2. The molecule has 0 atom stereocenters. The van der Waals surface area contributed by atoms with Crippen LogP contribution in [0.15, 0.2) is 18.5 Å². The second kappa shape index (κ2) is 5.06. The Hall–Kier alpha value is -1.42. The van der Waals surface area contributed by atoms with E-state index in [-0.39, 0.29) is 5.54 Å². The van der Waals surface area contributed by atoms with E-state index in [9.17, 15) is 0 Å². The van der Waals surface area contributed by atoms with Crippen LogP contribution < -0.4 is 5.32 Å². The minimum Gasteiger partial charge on any atom is -0.308 e. The Bertz CT molecular complexity index is 528. The molecule has 0 saturated heterocycles. The van der Waals surface area contributed by atoms with E-state index in [2.05, 4.69) is 36.2 Å². The smallest absolute Gasteiger partial charge is 0.155 e. The molecule has 0 aliphatic rings. The first-order valence-corrected chi connectivity index (χ1v) is 6.56. The van der Waals surface area contributed by atoms with Gasteiger partial charge in [-0.2, -0.15) is 5.10 Å². The molecule has 0 fully saturated rings. The Kier molecular flexibility index (Phi) is 3.66. The molecule has 0 aliphatic carbocycles. The van der Waals surface area contributed by atoms with Crippen LogP contribution >= 0.6 is 0 Å². The van der Waals surface area contributed by atoms with Crippen molar-refractivity contribution in [2.75, 3.05) is 0 Å². The number of fused-ring (bicyclic) bond motifs is 1. The lowest BCUT2D eigenvalue weighted by molar-refractivity contribution is 0.356. The fourth-order valence-corrected chi connectivity index (χ4v) is 2.18. The van der Waals surface area contributed by atoms with Gasteiger partial charge in [0, 0.05) is 36.1 Å². The second-order valence-corrected chi connectivity index (χ2v) is 5.54. The lowest BCUT2D eigenvalue weighted by Gasteiger charge is -2.25. The van der Waals surface area contributed by atoms with Gasteiger partial charge in [-0.1, -0.05) is 13.3 Å². The molecule has 98 valence electrons. The van der Waals surface area contributed by atoms with Gasteiger partial charge < -0.3 is 5.32 Å². The third kappa shape index (κ3) is 3.07. The summed E-state index contributed by atoms with van der Waals surface area (Å²) in [6, 6.07) is 1.98. The zero-order chi connectivity index (χ0) is 13.2. The van der Waals surface area contributed by atoms with Crippen LogP contribution in [0.3, 0.4) is 0 Å². The third-order valence-electron chi connectivity index (χ3n) is 3.14. The standard InChI is InChI=1S/C14H22N4/c1-5-6-14(3,4)16-9-12-8-15-13-7-11(2)17-18(13)10-12/h7-8,10,16H,5-6,9H2,1-4H3. The highest BCUT2D eigenvalue weighted by molar-refractivity contribution is 5.38. The molecule has 0 radical (unpaired) electrons. The zero-order valence-corrected chi connectivity index (χ0v) is 11.7. The van der Waals surface area contributed by atoms with Crippen molar-refractivity contribution in [2.24, 2.45) is 0 Å². The van der Waals surface area contributed by atoms with Gasteiger partial charge in [0.1, 0.15) is 0 Å². The number of nitrogens with one attached hydrogen (secondary N) is 1. The summed E-state index contributed by atoms with van der Waals surface area (Å²) in [7, 11) is 0. The molecule has 0 amide bonds. The van der Waals surface area contributed by atoms with Gasteiger partial charge in [-0.15, -0.1) is 0 Å². The molecule has 1 N–H and O–H groups in total. The Balaban J connectivity index is 2.07. The van der Waals surface area contributed by atoms with Gasteiger partial charge in [0.25, 0.3) is 0 Å². The first-order chi connectivity index (χ1) is 8.50. The van der Waals surface area contributed by atoms with Gasteiger partial charge in [-0.05, 0) is 27.2 Å². The van der Waals surface area contributed by atoms with Crippen LogP contribution in [0.2, 0.25) is 0 Å². The van der Waals surface area contributed by atoms with Crippen LogP contribution in [-0.4, -0.2) is 20.1 Å². The molecule has 0 unspecified atom stereocenters. The number of aryl methyl sites for hydroxylation is 1. The molecular weight excluding hydrogens is 224 g/mol. The van der Waals surface area contributed by atoms with Crippen LogP contribution in [0.1, 0.15) is 44.9 Å². The largest absolute Gasteiger partial charge is 0.308 e. The SMILES string of the molecule is CCCC(C)(C)NCc1cnc2cc(C)nn2c1. The fraction of sp³-hybridized carbons (Fsp3) is 0.571. The lowest BCUT2D eigenvalue weighted by Crippen LogP contribution is -2.38. The Labute approximate surface area is 108 Å². The zero-order valence-electron chi connectivity index (χ0n) is 11.7. The maximum atomic E-state index is 4.41. The molecular formula is C14H22N4. The fourth-order valence-electron chi connectivity index (χ4n) is 2.18. The molecule has 2 aromatic rings. The third-order valence-corrected chi connectivity index (χ3v) is 3.14. The van der Waals surface area contributed by atoms with Crippen molar-refractivity contribution in [1.82, 2.24) is 19.9 Å². The molecule has 2 rings (SSSR count). The van der Waals surface area contributed by atoms with Crippen molar-refractivity contribution in [1.29, 1.82) is 0 Å². The summed E-state index contributed by atoms with van der Waals surface area (Å²) in [5.74, 6) is 0. The minimum atomic E-state index is 0.170. The van der Waals surface area contributed by atoms with Gasteiger partial charge in [0.05, 0.1) is 5.69 Å². The predicted molar refractivity (Wildman–Crippen MR) is 73.6 cm³/mol. The van der Waals surface area contributed by atoms with E-state index in [4.69, 9.17) is 0 Å². The number of hydrogen-bond acceptors (Lipinski definition) is 3. The average Bonchev–Trinajstić information content (AvgIpc) is 2.65. The predicted octanol–water partition coefficient (Wildman–Crippen LogP) is 2.71. The van der Waals surface area contributed by atoms with Crippen LogP contribution in [0.25, 0.3) is 5.65 Å². The monoisotopic (exact) mass is 246 g/mol. The van der Waals surface area contributed by atoms with Gasteiger partial charge >= 0.3 is 0 Å². The first-order valence-electron chi connectivity index (χ1n) is 6.56. The van der Waals surface area contributed by atoms with E-state index < -0.39 is 0 Å². The van der Waals surface area contributed by atoms with E-state index in [0.717, 1.165) is 23.4 Å². The van der Waals surface area contributed by atoms with Crippen molar-refractivity contribution in [3.05, 3.63) is 29.7 Å². The summed E-state index contributed by atoms with van der Waals surface area (Å²) in [6.07, 6.45) is 6.33. The number of hydrogen-bond donors (Lipinski definition) is 1. The van der Waals surface area contributed by atoms with Gasteiger partial charge in [0.15, 0.2) is 5.65 Å². The van der Waals surface area contributed by atoms with E-state index >= 15 is 0 Å². The van der Waals surface area contributed by atoms with Crippen molar-refractivity contribution >= 4 is 5.65 Å². The summed E-state index contributed by atoms with van der Waals surface area (Å²) in [5, 5.41) is 7.95. The van der Waals surface area contributed by atoms with Gasteiger partial charge in [0.2, 0.25) is 0 Å². The Morgan fingerprint density at radius 3 is 2.89 bits per heavy atom. The summed E-state index contributed by atoms with van der Waals surface area (Å²) in [5.41, 5.74) is 3.24. The highest BCUT2D eigenvalue weighted by Crippen LogP contribution is 2.12. The summed E-state index contributed by atoms with van der Waals surface area (Å²) >= 11 is 0. The number of rotatable bonds is 5. The first kappa shape index (κ1) is 13.0. The number of nitrogens with zero attached hydrogens (tertiary/aromatic N) is 3. The molecule has 4 nitrogen and oxygen atoms in total. The maximum Gasteiger partial charge on any atom is 0.155 e. The topological polar surface area (TPSA) is 42.2 Å². The highest BCUT2D eigenvalue weighted by Gasteiger charge is 2.15. The van der Waals surface area contributed by atoms with Crippen LogP contribution in [0.5, 0.6) is 0 Å². The lowest BCUT2D eigenvalue weighted by atomic mass is 9.99. The minimum absolute atomic E-state index is 0.170. The molecule has 0 bridgehead atoms. The van der Waals surface area contributed by atoms with Crippen molar-refractivity contribution in [3.8, 4) is 0 Å². The van der Waals surface area contributed by atoms with Crippen molar-refractivity contribution in [3.63, 3.8) is 0 Å². The van der Waals surface area contributed by atoms with Crippen LogP contribution in [0.4, 0.5) is 0 Å². The van der Waals surface area contributed by atoms with Crippen molar-refractivity contribution < 1.29 is 0 Å².